The van der Waals surface area contributed by atoms with E-state index in [0.29, 0.717) is 5.52 Å². The van der Waals surface area contributed by atoms with E-state index in [2.05, 4.69) is 9.71 Å². The zero-order valence-corrected chi connectivity index (χ0v) is 18.0. The molecule has 0 saturated carbocycles. The van der Waals surface area contributed by atoms with Crippen LogP contribution in [0, 0.1) is 23.1 Å². The van der Waals surface area contributed by atoms with E-state index in [4.69, 9.17) is 9.57 Å². The molecule has 0 spiro atoms. The molecule has 3 aromatic rings. The monoisotopic (exact) mass is 477 g/mol. The van der Waals surface area contributed by atoms with Crippen molar-refractivity contribution in [2.45, 2.75) is 0 Å². The average Bonchev–Trinajstić information content (AvgIpc) is 2.75. The van der Waals surface area contributed by atoms with Crippen molar-refractivity contribution in [3.63, 3.8) is 0 Å². The second-order valence-corrected chi connectivity index (χ2v) is 8.87. The summed E-state index contributed by atoms with van der Waals surface area (Å²) in [5.41, 5.74) is -0.802. The summed E-state index contributed by atoms with van der Waals surface area (Å²) in [6.45, 7) is -0.633. The standard InChI is InChI=1S/C20H17F2N5O5S/c1-31-27-11-24-17-4-2-13(6-14(17)20(27)28)32-19-15(8-23)18(5-3-16(19)22)25-33(29,30)26-9-12(7-21)10-26/h2-6,11-12,25H,7,9-10H2,1H3. The molecule has 1 N–H and O–H groups in total. The number of alkyl halides is 1. The fraction of sp³-hybridized carbons (Fsp3) is 0.250. The van der Waals surface area contributed by atoms with E-state index in [1.165, 1.54) is 31.6 Å². The molecule has 0 radical (unpaired) electrons. The van der Waals surface area contributed by atoms with Gasteiger partial charge < -0.3 is 9.57 Å². The van der Waals surface area contributed by atoms with Crippen LogP contribution in [0.2, 0.25) is 0 Å². The zero-order chi connectivity index (χ0) is 23.8. The smallest absolute Gasteiger partial charge is 0.301 e. The van der Waals surface area contributed by atoms with Crippen molar-refractivity contribution in [2.75, 3.05) is 31.6 Å². The molecule has 172 valence electrons. The van der Waals surface area contributed by atoms with Gasteiger partial charge >= 0.3 is 10.2 Å². The quantitative estimate of drug-likeness (QED) is 0.550. The number of nitrogens with one attached hydrogen (secondary N) is 1. The first-order valence-electron chi connectivity index (χ1n) is 9.57. The minimum absolute atomic E-state index is 0.00238. The van der Waals surface area contributed by atoms with Gasteiger partial charge in [0.2, 0.25) is 0 Å². The molecule has 0 atom stereocenters. The number of ether oxygens (including phenoxy) is 1. The lowest BCUT2D eigenvalue weighted by molar-refractivity contribution is 0.155. The van der Waals surface area contributed by atoms with Crippen molar-refractivity contribution in [3.8, 4) is 17.6 Å². The molecule has 1 aromatic heterocycles. The largest absolute Gasteiger partial charge is 0.453 e. The van der Waals surface area contributed by atoms with Crippen LogP contribution < -0.4 is 19.9 Å². The van der Waals surface area contributed by atoms with E-state index in [9.17, 15) is 27.3 Å². The minimum Gasteiger partial charge on any atom is -0.453 e. The van der Waals surface area contributed by atoms with E-state index < -0.39 is 39.6 Å². The third kappa shape index (κ3) is 4.18. The van der Waals surface area contributed by atoms with Crippen molar-refractivity contribution < 1.29 is 26.8 Å². The highest BCUT2D eigenvalue weighted by Gasteiger charge is 2.36. The van der Waals surface area contributed by atoms with Crippen LogP contribution in [0.4, 0.5) is 14.5 Å². The van der Waals surface area contributed by atoms with Crippen LogP contribution in [-0.2, 0) is 10.2 Å². The Balaban J connectivity index is 1.68. The maximum Gasteiger partial charge on any atom is 0.301 e. The lowest BCUT2D eigenvalue weighted by Crippen LogP contribution is -2.52. The second kappa shape index (κ2) is 8.64. The minimum atomic E-state index is -4.08. The highest BCUT2D eigenvalue weighted by molar-refractivity contribution is 7.90. The van der Waals surface area contributed by atoms with Crippen LogP contribution in [0.25, 0.3) is 10.9 Å². The van der Waals surface area contributed by atoms with E-state index >= 15 is 0 Å². The Hall–Kier alpha value is -3.76. The van der Waals surface area contributed by atoms with Crippen LogP contribution in [-0.4, -0.2) is 49.3 Å². The molecule has 1 aliphatic rings. The molecule has 0 bridgehead atoms. The lowest BCUT2D eigenvalue weighted by Gasteiger charge is -2.36. The van der Waals surface area contributed by atoms with E-state index in [-0.39, 0.29) is 35.8 Å². The summed E-state index contributed by atoms with van der Waals surface area (Å²) in [6.07, 6.45) is 1.20. The highest BCUT2D eigenvalue weighted by atomic mass is 32.2. The molecule has 0 aliphatic carbocycles. The summed E-state index contributed by atoms with van der Waals surface area (Å²) in [6, 6.07) is 7.95. The van der Waals surface area contributed by atoms with Crippen LogP contribution >= 0.6 is 0 Å². The topological polar surface area (TPSA) is 127 Å². The summed E-state index contributed by atoms with van der Waals surface area (Å²) < 4.78 is 61.9. The van der Waals surface area contributed by atoms with Crippen LogP contribution in [0.15, 0.2) is 41.5 Å². The molecular weight excluding hydrogens is 460 g/mol. The molecule has 0 unspecified atom stereocenters. The third-order valence-electron chi connectivity index (χ3n) is 5.06. The van der Waals surface area contributed by atoms with E-state index in [1.54, 1.807) is 6.07 Å². The van der Waals surface area contributed by atoms with Crippen molar-refractivity contribution in [3.05, 3.63) is 58.4 Å². The molecule has 1 saturated heterocycles. The second-order valence-electron chi connectivity index (χ2n) is 7.19. The fourth-order valence-corrected chi connectivity index (χ4v) is 4.66. The van der Waals surface area contributed by atoms with Gasteiger partial charge in [-0.2, -0.15) is 18.0 Å². The fourth-order valence-electron chi connectivity index (χ4n) is 3.27. The number of benzene rings is 2. The molecular formula is C20H17F2N5O5S. The number of halogens is 2. The van der Waals surface area contributed by atoms with Crippen LogP contribution in [0.5, 0.6) is 11.5 Å². The Bertz CT molecular complexity index is 1430. The highest BCUT2D eigenvalue weighted by Crippen LogP contribution is 2.34. The van der Waals surface area contributed by atoms with Gasteiger partial charge in [0.05, 0.1) is 23.3 Å². The molecule has 4 rings (SSSR count). The van der Waals surface area contributed by atoms with Crippen LogP contribution in [0.1, 0.15) is 5.56 Å². The summed E-state index contributed by atoms with van der Waals surface area (Å²) >= 11 is 0. The molecule has 33 heavy (non-hydrogen) atoms. The first-order valence-corrected chi connectivity index (χ1v) is 11.0. The van der Waals surface area contributed by atoms with Gasteiger partial charge in [0.25, 0.3) is 5.56 Å². The maximum absolute atomic E-state index is 14.6. The Labute approximate surface area is 186 Å². The van der Waals surface area contributed by atoms with Gasteiger partial charge in [-0.3, -0.25) is 13.9 Å². The SMILES string of the molecule is COn1cnc2ccc(Oc3c(F)ccc(NS(=O)(=O)N4CC(CF)C4)c3C#N)cc2c1=O. The van der Waals surface area contributed by atoms with Crippen molar-refractivity contribution in [2.24, 2.45) is 5.92 Å². The van der Waals surface area contributed by atoms with Crippen LogP contribution in [0.3, 0.4) is 0 Å². The van der Waals surface area contributed by atoms with E-state index in [0.717, 1.165) is 21.2 Å². The third-order valence-corrected chi connectivity index (χ3v) is 6.51. The summed E-state index contributed by atoms with van der Waals surface area (Å²) in [5.74, 6) is -1.82. The van der Waals surface area contributed by atoms with Gasteiger partial charge in [0.1, 0.15) is 30.8 Å². The summed E-state index contributed by atoms with van der Waals surface area (Å²) in [7, 11) is -2.79. The maximum atomic E-state index is 14.6. The first-order chi connectivity index (χ1) is 15.8. The molecule has 1 fully saturated rings. The zero-order valence-electron chi connectivity index (χ0n) is 17.2. The Morgan fingerprint density at radius 2 is 2.06 bits per heavy atom. The Morgan fingerprint density at radius 3 is 2.73 bits per heavy atom. The number of nitriles is 1. The average molecular weight is 477 g/mol. The van der Waals surface area contributed by atoms with Gasteiger partial charge in [-0.15, -0.1) is 4.73 Å². The molecule has 2 heterocycles. The summed E-state index contributed by atoms with van der Waals surface area (Å²) in [4.78, 5) is 21.4. The number of rotatable bonds is 7. The van der Waals surface area contributed by atoms with Crippen molar-refractivity contribution in [1.82, 2.24) is 14.0 Å². The number of nitrogens with zero attached hydrogens (tertiary/aromatic N) is 4. The van der Waals surface area contributed by atoms with Crippen molar-refractivity contribution >= 4 is 26.8 Å². The number of fused-ring (bicyclic) bond motifs is 1. The van der Waals surface area contributed by atoms with Gasteiger partial charge in [0.15, 0.2) is 11.6 Å². The van der Waals surface area contributed by atoms with E-state index in [1.807, 2.05) is 0 Å². The normalized spacial score (nSPS) is 14.5. The molecule has 1 aliphatic heterocycles. The Kier molecular flexibility index (Phi) is 5.88. The predicted octanol–water partition coefficient (Wildman–Crippen LogP) is 1.82. The summed E-state index contributed by atoms with van der Waals surface area (Å²) in [5, 5.41) is 9.72. The number of anilines is 1. The van der Waals surface area contributed by atoms with Gasteiger partial charge in [-0.1, -0.05) is 0 Å². The molecule has 10 nitrogen and oxygen atoms in total. The Morgan fingerprint density at radius 1 is 1.30 bits per heavy atom. The predicted molar refractivity (Wildman–Crippen MR) is 113 cm³/mol. The first kappa shape index (κ1) is 22.4. The number of aromatic nitrogens is 2. The number of hydrogen-bond donors (Lipinski definition) is 1. The van der Waals surface area contributed by atoms with Crippen molar-refractivity contribution in [1.29, 1.82) is 5.26 Å². The molecule has 0 amide bonds. The molecule has 2 aromatic carbocycles. The van der Waals surface area contributed by atoms with Gasteiger partial charge in [-0.05, 0) is 30.3 Å². The van der Waals surface area contributed by atoms with Gasteiger partial charge in [-0.25, -0.2) is 9.37 Å². The lowest BCUT2D eigenvalue weighted by atomic mass is 10.1. The van der Waals surface area contributed by atoms with Gasteiger partial charge in [0, 0.05) is 19.0 Å². The molecule has 13 heteroatoms. The number of hydrogen-bond acceptors (Lipinski definition) is 7.